The third kappa shape index (κ3) is 4.07. The maximum Gasteiger partial charge on any atom is 0.221 e. The average Bonchev–Trinajstić information content (AvgIpc) is 2.18. The molecule has 0 spiro atoms. The standard InChI is InChI=1S/C10H23N3O/c1-5-13(10(2,3)8-11)7-6-9(14)12-4/h5-8,11H2,1-4H3,(H,12,14). The first-order valence-corrected chi connectivity index (χ1v) is 5.13. The quantitative estimate of drug-likeness (QED) is 0.644. The molecule has 0 heterocycles. The first-order valence-electron chi connectivity index (χ1n) is 5.13. The summed E-state index contributed by atoms with van der Waals surface area (Å²) in [6.45, 7) is 8.57. The van der Waals surface area contributed by atoms with Crippen molar-refractivity contribution >= 4 is 5.91 Å². The van der Waals surface area contributed by atoms with Crippen molar-refractivity contribution < 1.29 is 4.79 Å². The lowest BCUT2D eigenvalue weighted by molar-refractivity contribution is -0.121. The fourth-order valence-corrected chi connectivity index (χ4v) is 1.38. The highest BCUT2D eigenvalue weighted by atomic mass is 16.1. The Morgan fingerprint density at radius 3 is 2.43 bits per heavy atom. The number of nitrogens with one attached hydrogen (secondary N) is 1. The molecule has 0 aromatic carbocycles. The lowest BCUT2D eigenvalue weighted by Gasteiger charge is -2.36. The smallest absolute Gasteiger partial charge is 0.221 e. The van der Waals surface area contributed by atoms with Crippen LogP contribution >= 0.6 is 0 Å². The largest absolute Gasteiger partial charge is 0.359 e. The highest BCUT2D eigenvalue weighted by Gasteiger charge is 2.23. The summed E-state index contributed by atoms with van der Waals surface area (Å²) in [5, 5.41) is 2.62. The molecule has 0 aliphatic carbocycles. The van der Waals surface area contributed by atoms with Gasteiger partial charge in [0.15, 0.2) is 0 Å². The van der Waals surface area contributed by atoms with Crippen molar-refractivity contribution in [2.24, 2.45) is 5.73 Å². The third-order valence-electron chi connectivity index (χ3n) is 2.62. The summed E-state index contributed by atoms with van der Waals surface area (Å²) in [5.41, 5.74) is 5.65. The average molecular weight is 201 g/mol. The molecule has 0 unspecified atom stereocenters. The molecule has 0 saturated heterocycles. The van der Waals surface area contributed by atoms with Crippen LogP contribution in [0.15, 0.2) is 0 Å². The number of nitrogens with two attached hydrogens (primary N) is 1. The molecule has 4 heteroatoms. The monoisotopic (exact) mass is 201 g/mol. The van der Waals surface area contributed by atoms with E-state index in [1.807, 2.05) is 0 Å². The molecule has 0 aromatic heterocycles. The summed E-state index contributed by atoms with van der Waals surface area (Å²) < 4.78 is 0. The maximum absolute atomic E-state index is 11.1. The van der Waals surface area contributed by atoms with Crippen molar-refractivity contribution in [1.29, 1.82) is 0 Å². The summed E-state index contributed by atoms with van der Waals surface area (Å²) in [6, 6.07) is 0. The summed E-state index contributed by atoms with van der Waals surface area (Å²) in [5.74, 6) is 0.0799. The summed E-state index contributed by atoms with van der Waals surface area (Å²) in [4.78, 5) is 13.3. The summed E-state index contributed by atoms with van der Waals surface area (Å²) >= 11 is 0. The molecule has 0 fully saturated rings. The first-order chi connectivity index (χ1) is 6.47. The van der Waals surface area contributed by atoms with Crippen molar-refractivity contribution in [1.82, 2.24) is 10.2 Å². The van der Waals surface area contributed by atoms with Crippen molar-refractivity contribution in [3.63, 3.8) is 0 Å². The van der Waals surface area contributed by atoms with Crippen LogP contribution in [0.4, 0.5) is 0 Å². The molecular weight excluding hydrogens is 178 g/mol. The minimum Gasteiger partial charge on any atom is -0.359 e. The Morgan fingerprint density at radius 2 is 2.07 bits per heavy atom. The zero-order chi connectivity index (χ0) is 11.2. The molecule has 0 rings (SSSR count). The van der Waals surface area contributed by atoms with Crippen LogP contribution in [-0.2, 0) is 4.79 Å². The second-order valence-electron chi connectivity index (χ2n) is 4.02. The number of rotatable bonds is 6. The van der Waals surface area contributed by atoms with Crippen molar-refractivity contribution in [2.45, 2.75) is 32.7 Å². The Kier molecular flexibility index (Phi) is 5.72. The molecule has 0 aliphatic heterocycles. The number of likely N-dealkylation sites (N-methyl/N-ethyl adjacent to an activating group) is 1. The van der Waals surface area contributed by atoms with Crippen molar-refractivity contribution in [3.05, 3.63) is 0 Å². The van der Waals surface area contributed by atoms with Crippen LogP contribution in [0, 0.1) is 0 Å². The number of carbonyl (C=O) groups excluding carboxylic acids is 1. The van der Waals surface area contributed by atoms with Gasteiger partial charge in [0.05, 0.1) is 0 Å². The highest BCUT2D eigenvalue weighted by Crippen LogP contribution is 2.12. The predicted octanol–water partition coefficient (Wildman–Crippen LogP) is 0.182. The van der Waals surface area contributed by atoms with Gasteiger partial charge in [-0.3, -0.25) is 9.69 Å². The van der Waals surface area contributed by atoms with E-state index in [9.17, 15) is 4.79 Å². The van der Waals surface area contributed by atoms with Gasteiger partial charge in [-0.25, -0.2) is 0 Å². The predicted molar refractivity (Wildman–Crippen MR) is 59.1 cm³/mol. The van der Waals surface area contributed by atoms with Crippen LogP contribution in [0.25, 0.3) is 0 Å². The Labute approximate surface area is 86.8 Å². The van der Waals surface area contributed by atoms with Gasteiger partial charge >= 0.3 is 0 Å². The molecule has 0 saturated carbocycles. The molecule has 1 amide bonds. The molecule has 0 aliphatic rings. The van der Waals surface area contributed by atoms with Crippen LogP contribution in [0.1, 0.15) is 27.2 Å². The topological polar surface area (TPSA) is 58.4 Å². The summed E-state index contributed by atoms with van der Waals surface area (Å²) in [7, 11) is 1.66. The SMILES string of the molecule is CCN(CCC(=O)NC)C(C)(C)CN. The summed E-state index contributed by atoms with van der Waals surface area (Å²) in [6.07, 6.45) is 0.535. The Bertz CT molecular complexity index is 180. The van der Waals surface area contributed by atoms with E-state index >= 15 is 0 Å². The highest BCUT2D eigenvalue weighted by molar-refractivity contribution is 5.75. The van der Waals surface area contributed by atoms with Gasteiger partial charge in [0.25, 0.3) is 0 Å². The molecule has 0 aromatic rings. The van der Waals surface area contributed by atoms with Gasteiger partial charge in [-0.05, 0) is 20.4 Å². The van der Waals surface area contributed by atoms with Crippen LogP contribution in [0.5, 0.6) is 0 Å². The normalized spacial score (nSPS) is 11.9. The van der Waals surface area contributed by atoms with Gasteiger partial charge in [0.1, 0.15) is 0 Å². The Balaban J connectivity index is 4.09. The van der Waals surface area contributed by atoms with E-state index in [0.29, 0.717) is 13.0 Å². The van der Waals surface area contributed by atoms with E-state index in [2.05, 4.69) is 31.0 Å². The van der Waals surface area contributed by atoms with Gasteiger partial charge in [-0.15, -0.1) is 0 Å². The molecule has 4 nitrogen and oxygen atoms in total. The van der Waals surface area contributed by atoms with Crippen LogP contribution in [0.2, 0.25) is 0 Å². The number of hydrogen-bond acceptors (Lipinski definition) is 3. The van der Waals surface area contributed by atoms with Gasteiger partial charge in [0, 0.05) is 32.1 Å². The molecule has 0 bridgehead atoms. The zero-order valence-electron chi connectivity index (χ0n) is 9.76. The van der Waals surface area contributed by atoms with E-state index in [1.54, 1.807) is 7.05 Å². The van der Waals surface area contributed by atoms with E-state index < -0.39 is 0 Å². The van der Waals surface area contributed by atoms with Crippen molar-refractivity contribution in [3.8, 4) is 0 Å². The molecule has 0 atom stereocenters. The lowest BCUT2D eigenvalue weighted by Crippen LogP contribution is -2.50. The Hall–Kier alpha value is -0.610. The number of nitrogens with zero attached hydrogens (tertiary/aromatic N) is 1. The van der Waals surface area contributed by atoms with Gasteiger partial charge < -0.3 is 11.1 Å². The fraction of sp³-hybridized carbons (Fsp3) is 0.900. The third-order valence-corrected chi connectivity index (χ3v) is 2.62. The molecule has 14 heavy (non-hydrogen) atoms. The number of amides is 1. The zero-order valence-corrected chi connectivity index (χ0v) is 9.76. The second kappa shape index (κ2) is 5.98. The number of hydrogen-bond donors (Lipinski definition) is 2. The second-order valence-corrected chi connectivity index (χ2v) is 4.02. The number of carbonyl (C=O) groups is 1. The lowest BCUT2D eigenvalue weighted by atomic mass is 10.0. The van der Waals surface area contributed by atoms with Gasteiger partial charge in [-0.1, -0.05) is 6.92 Å². The van der Waals surface area contributed by atoms with E-state index in [4.69, 9.17) is 5.73 Å². The minimum absolute atomic E-state index is 0.0250. The first kappa shape index (κ1) is 13.4. The van der Waals surface area contributed by atoms with Crippen LogP contribution < -0.4 is 11.1 Å². The molecule has 0 radical (unpaired) electrons. The van der Waals surface area contributed by atoms with E-state index in [1.165, 1.54) is 0 Å². The van der Waals surface area contributed by atoms with Gasteiger partial charge in [0.2, 0.25) is 5.91 Å². The van der Waals surface area contributed by atoms with E-state index in [0.717, 1.165) is 13.1 Å². The Morgan fingerprint density at radius 1 is 1.50 bits per heavy atom. The maximum atomic E-state index is 11.1. The van der Waals surface area contributed by atoms with Gasteiger partial charge in [-0.2, -0.15) is 0 Å². The fourth-order valence-electron chi connectivity index (χ4n) is 1.38. The van der Waals surface area contributed by atoms with Crippen LogP contribution in [0.3, 0.4) is 0 Å². The van der Waals surface area contributed by atoms with E-state index in [-0.39, 0.29) is 11.4 Å². The molecular formula is C10H23N3O. The van der Waals surface area contributed by atoms with Crippen LogP contribution in [-0.4, -0.2) is 43.0 Å². The van der Waals surface area contributed by atoms with Crippen molar-refractivity contribution in [2.75, 3.05) is 26.7 Å². The molecule has 3 N–H and O–H groups in total. The minimum atomic E-state index is -0.0250. The molecule has 84 valence electrons.